The van der Waals surface area contributed by atoms with Crippen LogP contribution in [0, 0.1) is 0 Å². The molecule has 0 radical (unpaired) electrons. The molecule has 0 bridgehead atoms. The van der Waals surface area contributed by atoms with E-state index in [1.54, 1.807) is 6.20 Å². The number of aliphatic hydroxyl groups is 2. The number of benzene rings is 1. The van der Waals surface area contributed by atoms with E-state index in [0.29, 0.717) is 13.0 Å². The molecule has 1 unspecified atom stereocenters. The molecule has 1 aliphatic rings. The Kier molecular flexibility index (Phi) is 9.21. The summed E-state index contributed by atoms with van der Waals surface area (Å²) in [5, 5.41) is 29.3. The number of hydrogen-bond acceptors (Lipinski definition) is 5. The van der Waals surface area contributed by atoms with Crippen molar-refractivity contribution in [2.45, 2.75) is 38.1 Å². The smallest absolute Gasteiger partial charge is 0.237 e. The highest BCUT2D eigenvalue weighted by molar-refractivity contribution is 5.85. The van der Waals surface area contributed by atoms with E-state index in [0.717, 1.165) is 23.4 Å². The largest absolute Gasteiger partial charge is 0.394 e. The van der Waals surface area contributed by atoms with E-state index in [2.05, 4.69) is 15.7 Å². The number of aryl methyl sites for hydroxylation is 1. The zero-order chi connectivity index (χ0) is 17.8. The van der Waals surface area contributed by atoms with Gasteiger partial charge in [0.25, 0.3) is 0 Å². The molecule has 27 heavy (non-hydrogen) atoms. The number of nitrogens with one attached hydrogen (secondary N) is 2. The first kappa shape index (κ1) is 23.4. The van der Waals surface area contributed by atoms with Gasteiger partial charge in [-0.15, -0.1) is 24.8 Å². The number of hydrogen-bond donors (Lipinski definition) is 4. The van der Waals surface area contributed by atoms with E-state index in [1.165, 1.54) is 0 Å². The summed E-state index contributed by atoms with van der Waals surface area (Å²) in [7, 11) is 0. The van der Waals surface area contributed by atoms with Crippen LogP contribution >= 0.6 is 24.8 Å². The highest BCUT2D eigenvalue weighted by atomic mass is 35.5. The molecular formula is C18H26Cl2N4O3. The van der Waals surface area contributed by atoms with Gasteiger partial charge in [0.1, 0.15) is 0 Å². The second-order valence-corrected chi connectivity index (χ2v) is 6.25. The number of rotatable bonds is 6. The van der Waals surface area contributed by atoms with Crippen LogP contribution in [0.1, 0.15) is 24.9 Å². The summed E-state index contributed by atoms with van der Waals surface area (Å²) in [6.45, 7) is 3.06. The predicted molar refractivity (Wildman–Crippen MR) is 108 cm³/mol. The topological polar surface area (TPSA) is 99.4 Å². The van der Waals surface area contributed by atoms with Gasteiger partial charge in [-0.25, -0.2) is 0 Å². The first-order chi connectivity index (χ1) is 12.1. The van der Waals surface area contributed by atoms with Crippen molar-refractivity contribution in [1.29, 1.82) is 0 Å². The van der Waals surface area contributed by atoms with Gasteiger partial charge >= 0.3 is 0 Å². The summed E-state index contributed by atoms with van der Waals surface area (Å²) in [4.78, 5) is 12.3. The fourth-order valence-electron chi connectivity index (χ4n) is 3.14. The van der Waals surface area contributed by atoms with Crippen LogP contribution in [0.2, 0.25) is 0 Å². The van der Waals surface area contributed by atoms with Crippen LogP contribution in [0.3, 0.4) is 0 Å². The average Bonchev–Trinajstić information content (AvgIpc) is 3.28. The maximum absolute atomic E-state index is 12.3. The normalized spacial score (nSPS) is 19.7. The number of aliphatic hydroxyl groups excluding tert-OH is 2. The van der Waals surface area contributed by atoms with E-state index in [4.69, 9.17) is 0 Å². The third kappa shape index (κ3) is 5.43. The first-order valence-corrected chi connectivity index (χ1v) is 8.57. The Morgan fingerprint density at radius 3 is 2.59 bits per heavy atom. The van der Waals surface area contributed by atoms with E-state index in [9.17, 15) is 15.0 Å². The van der Waals surface area contributed by atoms with Gasteiger partial charge in [0, 0.05) is 19.3 Å². The molecule has 0 saturated carbocycles. The van der Waals surface area contributed by atoms with E-state index in [1.807, 2.05) is 41.9 Å². The lowest BCUT2D eigenvalue weighted by atomic mass is 10.0. The minimum absolute atomic E-state index is 0. The number of β-amino-alcohol motifs (C(OH)–C–C–N with tert-alkyl or cyclic N) is 1. The number of carbonyl (C=O) groups is 1. The summed E-state index contributed by atoms with van der Waals surface area (Å²) in [5.41, 5.74) is 2.90. The van der Waals surface area contributed by atoms with Crippen LogP contribution in [-0.4, -0.2) is 51.2 Å². The highest BCUT2D eigenvalue weighted by Gasteiger charge is 2.29. The molecule has 1 aliphatic heterocycles. The molecule has 0 spiro atoms. The maximum atomic E-state index is 12.3. The average molecular weight is 417 g/mol. The quantitative estimate of drug-likeness (QED) is 0.568. The molecule has 9 heteroatoms. The van der Waals surface area contributed by atoms with Gasteiger partial charge < -0.3 is 20.8 Å². The fraction of sp³-hybridized carbons (Fsp3) is 0.444. The van der Waals surface area contributed by atoms with Crippen molar-refractivity contribution in [3.05, 3.63) is 42.1 Å². The summed E-state index contributed by atoms with van der Waals surface area (Å²) in [6, 6.07) is 8.80. The first-order valence-electron chi connectivity index (χ1n) is 8.57. The van der Waals surface area contributed by atoms with Crippen molar-refractivity contribution in [3.8, 4) is 11.3 Å². The summed E-state index contributed by atoms with van der Waals surface area (Å²) in [6.07, 6.45) is 1.67. The zero-order valence-corrected chi connectivity index (χ0v) is 16.7. The number of aromatic nitrogens is 2. The second-order valence-electron chi connectivity index (χ2n) is 6.25. The van der Waals surface area contributed by atoms with Crippen LogP contribution < -0.4 is 10.6 Å². The lowest BCUT2D eigenvalue weighted by Gasteiger charge is -2.20. The summed E-state index contributed by atoms with van der Waals surface area (Å²) in [5.74, 6) is -0.205. The van der Waals surface area contributed by atoms with Crippen LogP contribution in [0.4, 0.5) is 0 Å². The van der Waals surface area contributed by atoms with Gasteiger partial charge in [0.2, 0.25) is 5.91 Å². The Morgan fingerprint density at radius 2 is 2.04 bits per heavy atom. The van der Waals surface area contributed by atoms with Crippen LogP contribution in [0.15, 0.2) is 36.5 Å². The monoisotopic (exact) mass is 416 g/mol. The van der Waals surface area contributed by atoms with Gasteiger partial charge in [-0.2, -0.15) is 5.10 Å². The van der Waals surface area contributed by atoms with E-state index in [-0.39, 0.29) is 37.3 Å². The molecule has 1 aromatic heterocycles. The number of carbonyl (C=O) groups excluding carboxylic acids is 1. The number of halogens is 2. The minimum atomic E-state index is -0.494. The van der Waals surface area contributed by atoms with Crippen molar-refractivity contribution in [2.75, 3.05) is 13.2 Å². The predicted octanol–water partition coefficient (Wildman–Crippen LogP) is 1.29. The zero-order valence-electron chi connectivity index (χ0n) is 15.0. The molecule has 1 amide bonds. The highest BCUT2D eigenvalue weighted by Crippen LogP contribution is 2.22. The molecule has 3 rings (SSSR count). The molecule has 0 aliphatic carbocycles. The summed E-state index contributed by atoms with van der Waals surface area (Å²) >= 11 is 0. The second kappa shape index (κ2) is 10.6. The number of nitrogens with zero attached hydrogens (tertiary/aromatic N) is 2. The Hall–Kier alpha value is -1.64. The van der Waals surface area contributed by atoms with E-state index >= 15 is 0 Å². The van der Waals surface area contributed by atoms with Gasteiger partial charge in [-0.3, -0.25) is 9.48 Å². The van der Waals surface area contributed by atoms with Crippen molar-refractivity contribution in [2.24, 2.45) is 0 Å². The van der Waals surface area contributed by atoms with E-state index < -0.39 is 18.2 Å². The molecule has 7 nitrogen and oxygen atoms in total. The Morgan fingerprint density at radius 1 is 1.33 bits per heavy atom. The Balaban J connectivity index is 0.00000182. The van der Waals surface area contributed by atoms with Crippen molar-refractivity contribution < 1.29 is 15.0 Å². The molecule has 2 aromatic rings. The third-order valence-electron chi connectivity index (χ3n) is 4.55. The van der Waals surface area contributed by atoms with Gasteiger partial charge in [-0.05, 0) is 30.5 Å². The fourth-order valence-corrected chi connectivity index (χ4v) is 3.14. The minimum Gasteiger partial charge on any atom is -0.394 e. The molecule has 1 saturated heterocycles. The van der Waals surface area contributed by atoms with Crippen LogP contribution in [0.25, 0.3) is 11.3 Å². The van der Waals surface area contributed by atoms with Gasteiger partial charge in [0.05, 0.1) is 30.5 Å². The lowest BCUT2D eigenvalue weighted by Crippen LogP contribution is -2.42. The molecule has 2 heterocycles. The van der Waals surface area contributed by atoms with Gasteiger partial charge in [0.15, 0.2) is 0 Å². The van der Waals surface area contributed by atoms with Gasteiger partial charge in [-0.1, -0.05) is 24.3 Å². The summed E-state index contributed by atoms with van der Waals surface area (Å²) < 4.78 is 1.91. The van der Waals surface area contributed by atoms with Crippen molar-refractivity contribution in [3.63, 3.8) is 0 Å². The third-order valence-corrected chi connectivity index (χ3v) is 4.55. The molecule has 1 fully saturated rings. The van der Waals surface area contributed by atoms with Crippen LogP contribution in [-0.2, 0) is 11.3 Å². The van der Waals surface area contributed by atoms with Crippen LogP contribution in [0.5, 0.6) is 0 Å². The molecule has 3 atom stereocenters. The Labute approximate surface area is 171 Å². The molecule has 4 N–H and O–H groups in total. The van der Waals surface area contributed by atoms with Crippen molar-refractivity contribution >= 4 is 30.7 Å². The molecule has 1 aromatic carbocycles. The molecular weight excluding hydrogens is 391 g/mol. The van der Waals surface area contributed by atoms with Crippen molar-refractivity contribution in [1.82, 2.24) is 20.4 Å². The number of amides is 1. The SMILES string of the molecule is CCn1nccc1-c1ccc(C(CO)NC(=O)[C@@H]2C[C@@H](O)CN2)cc1.Cl.Cl. The molecule has 150 valence electrons. The Bertz CT molecular complexity index is 724. The lowest BCUT2D eigenvalue weighted by molar-refractivity contribution is -0.124. The standard InChI is InChI=1S/C18H24N4O3.2ClH/c1-2-22-17(7-8-20-22)13-5-3-12(4-6-13)16(11-23)21-18(25)15-9-14(24)10-19-15;;/h3-8,14-16,19,23-24H,2,9-11H2,1H3,(H,21,25);2*1H/t14-,15+,16?;;/m1../s1. The maximum Gasteiger partial charge on any atom is 0.237 e.